The Morgan fingerprint density at radius 2 is 1.67 bits per heavy atom. The van der Waals surface area contributed by atoms with Crippen molar-refractivity contribution in [3.8, 4) is 0 Å². The van der Waals surface area contributed by atoms with E-state index in [2.05, 4.69) is 47.9 Å². The van der Waals surface area contributed by atoms with Crippen molar-refractivity contribution in [2.75, 3.05) is 11.9 Å². The van der Waals surface area contributed by atoms with Crippen molar-refractivity contribution in [1.29, 1.82) is 0 Å². The Balaban J connectivity index is 1.63. The van der Waals surface area contributed by atoms with Crippen molar-refractivity contribution in [2.45, 2.75) is 19.9 Å². The molecule has 0 saturated carbocycles. The third-order valence-corrected chi connectivity index (χ3v) is 4.19. The molecule has 3 aromatic carbocycles. The summed E-state index contributed by atoms with van der Waals surface area (Å²) in [6.07, 6.45) is 0. The van der Waals surface area contributed by atoms with Crippen molar-refractivity contribution in [3.63, 3.8) is 0 Å². The summed E-state index contributed by atoms with van der Waals surface area (Å²) in [5, 5.41) is 8.66. The number of anilines is 1. The summed E-state index contributed by atoms with van der Waals surface area (Å²) < 4.78 is 0. The second-order valence-electron chi connectivity index (χ2n) is 6.09. The zero-order valence-corrected chi connectivity index (χ0v) is 14.0. The van der Waals surface area contributed by atoms with Crippen molar-refractivity contribution >= 4 is 22.4 Å². The van der Waals surface area contributed by atoms with Gasteiger partial charge >= 0.3 is 0 Å². The molecule has 3 rings (SSSR count). The predicted molar refractivity (Wildman–Crippen MR) is 100 cm³/mol. The highest BCUT2D eigenvalue weighted by Gasteiger charge is 2.10. The first-order valence-corrected chi connectivity index (χ1v) is 8.21. The predicted octanol–water partition coefficient (Wildman–Crippen LogP) is 4.44. The van der Waals surface area contributed by atoms with Crippen LogP contribution in [0.3, 0.4) is 0 Å². The molecule has 0 bridgehead atoms. The number of fused-ring (bicyclic) bond motifs is 1. The van der Waals surface area contributed by atoms with Gasteiger partial charge in [0.25, 0.3) is 0 Å². The van der Waals surface area contributed by atoms with E-state index in [0.29, 0.717) is 0 Å². The molecule has 1 amide bonds. The normalized spacial score (nSPS) is 12.1. The van der Waals surface area contributed by atoms with Crippen LogP contribution in [-0.2, 0) is 4.79 Å². The molecule has 24 heavy (non-hydrogen) atoms. The van der Waals surface area contributed by atoms with Crippen LogP contribution in [0.5, 0.6) is 0 Å². The minimum absolute atomic E-state index is 0.0362. The molecule has 0 saturated heterocycles. The lowest BCUT2D eigenvalue weighted by molar-refractivity contribution is -0.115. The quantitative estimate of drug-likeness (QED) is 0.730. The van der Waals surface area contributed by atoms with Crippen LogP contribution in [0, 0.1) is 6.92 Å². The first-order chi connectivity index (χ1) is 11.6. The lowest BCUT2D eigenvalue weighted by Gasteiger charge is -2.16. The Hall–Kier alpha value is -2.65. The Kier molecular flexibility index (Phi) is 4.92. The van der Waals surface area contributed by atoms with E-state index in [-0.39, 0.29) is 18.5 Å². The summed E-state index contributed by atoms with van der Waals surface area (Å²) in [4.78, 5) is 12.1. The molecule has 3 aromatic rings. The van der Waals surface area contributed by atoms with Crippen LogP contribution < -0.4 is 10.6 Å². The molecule has 2 N–H and O–H groups in total. The van der Waals surface area contributed by atoms with Crippen LogP contribution in [0.4, 0.5) is 5.69 Å². The van der Waals surface area contributed by atoms with Gasteiger partial charge in [0.2, 0.25) is 5.91 Å². The van der Waals surface area contributed by atoms with Gasteiger partial charge in [0.05, 0.1) is 6.54 Å². The van der Waals surface area contributed by atoms with Crippen LogP contribution in [-0.4, -0.2) is 12.5 Å². The summed E-state index contributed by atoms with van der Waals surface area (Å²) in [5.41, 5.74) is 3.21. The van der Waals surface area contributed by atoms with Crippen molar-refractivity contribution in [3.05, 3.63) is 77.9 Å². The molecule has 1 atom stereocenters. The van der Waals surface area contributed by atoms with E-state index in [1.165, 1.54) is 21.9 Å². The highest BCUT2D eigenvalue weighted by Crippen LogP contribution is 2.23. The third-order valence-electron chi connectivity index (χ3n) is 4.19. The molecule has 0 radical (unpaired) electrons. The third kappa shape index (κ3) is 3.81. The zero-order valence-electron chi connectivity index (χ0n) is 14.0. The fraction of sp³-hybridized carbons (Fsp3) is 0.190. The van der Waals surface area contributed by atoms with Gasteiger partial charge in [0.1, 0.15) is 0 Å². The maximum absolute atomic E-state index is 12.1. The highest BCUT2D eigenvalue weighted by molar-refractivity contribution is 5.92. The minimum atomic E-state index is -0.0362. The second kappa shape index (κ2) is 7.28. The van der Waals surface area contributed by atoms with Crippen LogP contribution in [0.25, 0.3) is 10.8 Å². The maximum atomic E-state index is 12.1. The SMILES string of the molecule is Cc1ccc(NC(=O)CN[C@H](C)c2cccc3ccccc23)cc1. The first kappa shape index (κ1) is 16.2. The van der Waals surface area contributed by atoms with Gasteiger partial charge in [-0.05, 0) is 42.3 Å². The molecule has 0 heterocycles. The number of hydrogen-bond donors (Lipinski definition) is 2. The Morgan fingerprint density at radius 3 is 2.46 bits per heavy atom. The van der Waals surface area contributed by atoms with Gasteiger partial charge in [-0.2, -0.15) is 0 Å². The van der Waals surface area contributed by atoms with Gasteiger partial charge in [0.15, 0.2) is 0 Å². The number of benzene rings is 3. The van der Waals surface area contributed by atoms with E-state index in [0.717, 1.165) is 5.69 Å². The first-order valence-electron chi connectivity index (χ1n) is 8.21. The van der Waals surface area contributed by atoms with Gasteiger partial charge in [-0.25, -0.2) is 0 Å². The van der Waals surface area contributed by atoms with Gasteiger partial charge in [-0.3, -0.25) is 4.79 Å². The van der Waals surface area contributed by atoms with Crippen LogP contribution >= 0.6 is 0 Å². The minimum Gasteiger partial charge on any atom is -0.325 e. The van der Waals surface area contributed by atoms with Gasteiger partial charge in [-0.15, -0.1) is 0 Å². The lowest BCUT2D eigenvalue weighted by atomic mass is 10.00. The highest BCUT2D eigenvalue weighted by atomic mass is 16.1. The topological polar surface area (TPSA) is 41.1 Å². The number of amides is 1. The van der Waals surface area contributed by atoms with Crippen LogP contribution in [0.1, 0.15) is 24.1 Å². The zero-order chi connectivity index (χ0) is 16.9. The monoisotopic (exact) mass is 318 g/mol. The molecular weight excluding hydrogens is 296 g/mol. The van der Waals surface area contributed by atoms with E-state index in [4.69, 9.17) is 0 Å². The van der Waals surface area contributed by atoms with Crippen LogP contribution in [0.2, 0.25) is 0 Å². The molecule has 0 aromatic heterocycles. The van der Waals surface area contributed by atoms with Gasteiger partial charge < -0.3 is 10.6 Å². The Bertz CT molecular complexity index is 835. The van der Waals surface area contributed by atoms with E-state index >= 15 is 0 Å². The molecule has 0 fully saturated rings. The summed E-state index contributed by atoms with van der Waals surface area (Å²) in [6, 6.07) is 22.5. The molecule has 0 aliphatic carbocycles. The fourth-order valence-electron chi connectivity index (χ4n) is 2.83. The van der Waals surface area contributed by atoms with Crippen LogP contribution in [0.15, 0.2) is 66.7 Å². The lowest BCUT2D eigenvalue weighted by Crippen LogP contribution is -2.30. The summed E-state index contributed by atoms with van der Waals surface area (Å²) >= 11 is 0. The smallest absolute Gasteiger partial charge is 0.238 e. The number of rotatable bonds is 5. The largest absolute Gasteiger partial charge is 0.325 e. The number of nitrogens with one attached hydrogen (secondary N) is 2. The molecule has 0 aliphatic heterocycles. The van der Waals surface area contributed by atoms with Gasteiger partial charge in [-0.1, -0.05) is 60.2 Å². The molecular formula is C21H22N2O. The molecule has 0 unspecified atom stereocenters. The van der Waals surface area contributed by atoms with Gasteiger partial charge in [0, 0.05) is 11.7 Å². The molecule has 122 valence electrons. The average molecular weight is 318 g/mol. The van der Waals surface area contributed by atoms with Crippen molar-refractivity contribution < 1.29 is 4.79 Å². The van der Waals surface area contributed by atoms with E-state index in [1.54, 1.807) is 0 Å². The Labute approximate surface area is 142 Å². The summed E-state index contributed by atoms with van der Waals surface area (Å²) in [6.45, 7) is 4.39. The maximum Gasteiger partial charge on any atom is 0.238 e. The molecule has 3 nitrogen and oxygen atoms in total. The fourth-order valence-corrected chi connectivity index (χ4v) is 2.83. The number of carbonyl (C=O) groups excluding carboxylic acids is 1. The van der Waals surface area contributed by atoms with E-state index in [9.17, 15) is 4.79 Å². The average Bonchev–Trinajstić information content (AvgIpc) is 2.61. The molecule has 0 aliphatic rings. The Morgan fingerprint density at radius 1 is 0.958 bits per heavy atom. The summed E-state index contributed by atoms with van der Waals surface area (Å²) in [5.74, 6) is -0.0362. The standard InChI is InChI=1S/C21H22N2O/c1-15-10-12-18(13-11-15)23-21(24)14-22-16(2)19-9-5-7-17-6-3-4-8-20(17)19/h3-13,16,22H,14H2,1-2H3,(H,23,24)/t16-/m1/s1. The summed E-state index contributed by atoms with van der Waals surface area (Å²) in [7, 11) is 0. The number of carbonyl (C=O) groups is 1. The van der Waals surface area contributed by atoms with Crippen molar-refractivity contribution in [2.24, 2.45) is 0 Å². The molecule has 3 heteroatoms. The number of hydrogen-bond acceptors (Lipinski definition) is 2. The molecule has 0 spiro atoms. The number of aryl methyl sites for hydroxylation is 1. The second-order valence-corrected chi connectivity index (χ2v) is 6.09. The van der Waals surface area contributed by atoms with Crippen molar-refractivity contribution in [1.82, 2.24) is 5.32 Å². The van der Waals surface area contributed by atoms with E-state index in [1.807, 2.05) is 43.3 Å². The van der Waals surface area contributed by atoms with E-state index < -0.39 is 0 Å².